The van der Waals surface area contributed by atoms with Crippen LogP contribution in [0.2, 0.25) is 0 Å². The summed E-state index contributed by atoms with van der Waals surface area (Å²) in [7, 11) is 1.32. The van der Waals surface area contributed by atoms with E-state index in [4.69, 9.17) is 0 Å². The quantitative estimate of drug-likeness (QED) is 0.390. The van der Waals surface area contributed by atoms with Crippen LogP contribution in [-0.2, 0) is 4.74 Å². The molecule has 0 radical (unpaired) electrons. The van der Waals surface area contributed by atoms with Gasteiger partial charge in [-0.1, -0.05) is 18.2 Å². The van der Waals surface area contributed by atoms with Crippen molar-refractivity contribution in [3.8, 4) is 5.69 Å². The number of allylic oxidation sites excluding steroid dienone is 1. The maximum atomic E-state index is 13.1. The van der Waals surface area contributed by atoms with E-state index in [2.05, 4.69) is 9.84 Å². The minimum absolute atomic E-state index is 0.196. The third kappa shape index (κ3) is 4.00. The van der Waals surface area contributed by atoms with Crippen LogP contribution in [0.4, 0.5) is 4.39 Å². The Bertz CT molecular complexity index is 1000. The van der Waals surface area contributed by atoms with Crippen molar-refractivity contribution in [3.05, 3.63) is 89.0 Å². The molecule has 0 atom stereocenters. The molecule has 0 amide bonds. The zero-order chi connectivity index (χ0) is 19.4. The number of carbonyl (C=O) groups is 2. The Hall–Kier alpha value is -3.54. The molecule has 1 heterocycles. The number of esters is 1. The van der Waals surface area contributed by atoms with Crippen LogP contribution in [0, 0.1) is 12.7 Å². The fourth-order valence-electron chi connectivity index (χ4n) is 2.60. The second-order valence-corrected chi connectivity index (χ2v) is 5.84. The molecule has 0 N–H and O–H groups in total. The number of methoxy groups -OCH3 is 1. The van der Waals surface area contributed by atoms with Crippen molar-refractivity contribution in [3.63, 3.8) is 0 Å². The summed E-state index contributed by atoms with van der Waals surface area (Å²) in [6.45, 7) is 1.78. The summed E-state index contributed by atoms with van der Waals surface area (Å²) in [5.74, 6) is -0.940. The van der Waals surface area contributed by atoms with Gasteiger partial charge in [-0.2, -0.15) is 5.10 Å². The molecule has 6 heteroatoms. The molecular weight excluding hydrogens is 347 g/mol. The Kier molecular flexibility index (Phi) is 5.26. The molecule has 0 fully saturated rings. The SMILES string of the molecule is COC(=O)c1ccc(/C=C/C(=O)c2cnn(-c3ccc(F)cc3)c2C)cc1. The number of halogens is 1. The molecule has 0 aliphatic rings. The highest BCUT2D eigenvalue weighted by atomic mass is 19.1. The average Bonchev–Trinajstić information content (AvgIpc) is 3.08. The summed E-state index contributed by atoms with van der Waals surface area (Å²) in [6.07, 6.45) is 4.61. The van der Waals surface area contributed by atoms with Crippen LogP contribution in [0.3, 0.4) is 0 Å². The Labute approximate surface area is 155 Å². The Morgan fingerprint density at radius 2 is 1.74 bits per heavy atom. The van der Waals surface area contributed by atoms with E-state index >= 15 is 0 Å². The van der Waals surface area contributed by atoms with Gasteiger partial charge >= 0.3 is 5.97 Å². The molecule has 5 nitrogen and oxygen atoms in total. The molecule has 0 aliphatic heterocycles. The van der Waals surface area contributed by atoms with Gasteiger partial charge in [-0.3, -0.25) is 4.79 Å². The van der Waals surface area contributed by atoms with Crippen LogP contribution in [0.25, 0.3) is 11.8 Å². The number of ether oxygens (including phenoxy) is 1. The molecule has 0 saturated carbocycles. The molecule has 0 unspecified atom stereocenters. The molecular formula is C21H17FN2O3. The maximum Gasteiger partial charge on any atom is 0.337 e. The fourth-order valence-corrected chi connectivity index (χ4v) is 2.60. The van der Waals surface area contributed by atoms with Gasteiger partial charge in [0.05, 0.1) is 35.8 Å². The molecule has 27 heavy (non-hydrogen) atoms. The van der Waals surface area contributed by atoms with Gasteiger partial charge in [-0.15, -0.1) is 0 Å². The average molecular weight is 364 g/mol. The summed E-state index contributed by atoms with van der Waals surface area (Å²) in [5.41, 5.74) is 3.02. The Balaban J connectivity index is 1.77. The minimum atomic E-state index is -0.412. The number of hydrogen-bond acceptors (Lipinski definition) is 4. The summed E-state index contributed by atoms with van der Waals surface area (Å²) < 4.78 is 19.3. The highest BCUT2D eigenvalue weighted by molar-refractivity contribution is 6.07. The van der Waals surface area contributed by atoms with E-state index in [9.17, 15) is 14.0 Å². The van der Waals surface area contributed by atoms with E-state index < -0.39 is 5.97 Å². The lowest BCUT2D eigenvalue weighted by molar-refractivity contribution is 0.0600. The smallest absolute Gasteiger partial charge is 0.337 e. The lowest BCUT2D eigenvalue weighted by atomic mass is 10.1. The van der Waals surface area contributed by atoms with E-state index in [1.165, 1.54) is 31.5 Å². The number of ketones is 1. The molecule has 0 aliphatic carbocycles. The van der Waals surface area contributed by atoms with Gasteiger partial charge in [0, 0.05) is 0 Å². The van der Waals surface area contributed by atoms with E-state index in [0.717, 1.165) is 5.56 Å². The van der Waals surface area contributed by atoms with E-state index in [1.807, 2.05) is 0 Å². The van der Waals surface area contributed by atoms with Gasteiger partial charge in [-0.25, -0.2) is 13.9 Å². The monoisotopic (exact) mass is 364 g/mol. The van der Waals surface area contributed by atoms with Gasteiger partial charge in [0.2, 0.25) is 0 Å². The van der Waals surface area contributed by atoms with Crippen molar-refractivity contribution in [2.75, 3.05) is 7.11 Å². The largest absolute Gasteiger partial charge is 0.465 e. The maximum absolute atomic E-state index is 13.1. The number of nitrogens with zero attached hydrogens (tertiary/aromatic N) is 2. The number of carbonyl (C=O) groups excluding carboxylic acids is 2. The molecule has 2 aromatic carbocycles. The van der Waals surface area contributed by atoms with Gasteiger partial charge in [-0.05, 0) is 55.0 Å². The number of hydrogen-bond donors (Lipinski definition) is 0. The van der Waals surface area contributed by atoms with E-state index in [1.54, 1.807) is 54.1 Å². The summed E-state index contributed by atoms with van der Waals surface area (Å²) >= 11 is 0. The van der Waals surface area contributed by atoms with Gasteiger partial charge in [0.1, 0.15) is 5.82 Å². The van der Waals surface area contributed by atoms with Crippen LogP contribution >= 0.6 is 0 Å². The number of rotatable bonds is 5. The van der Waals surface area contributed by atoms with Gasteiger partial charge in [0.25, 0.3) is 0 Å². The Morgan fingerprint density at radius 1 is 1.07 bits per heavy atom. The van der Waals surface area contributed by atoms with Crippen molar-refractivity contribution >= 4 is 17.8 Å². The molecule has 0 saturated heterocycles. The van der Waals surface area contributed by atoms with Crippen molar-refractivity contribution < 1.29 is 18.7 Å². The van der Waals surface area contributed by atoms with E-state index in [0.29, 0.717) is 22.5 Å². The normalized spacial score (nSPS) is 10.9. The van der Waals surface area contributed by atoms with Crippen LogP contribution in [-0.4, -0.2) is 28.6 Å². The molecule has 136 valence electrons. The molecule has 0 spiro atoms. The third-order valence-corrected chi connectivity index (χ3v) is 4.11. The molecule has 3 aromatic rings. The molecule has 3 rings (SSSR count). The first kappa shape index (κ1) is 18.3. The second-order valence-electron chi connectivity index (χ2n) is 5.84. The third-order valence-electron chi connectivity index (χ3n) is 4.11. The molecule has 1 aromatic heterocycles. The second kappa shape index (κ2) is 7.78. The van der Waals surface area contributed by atoms with Crippen molar-refractivity contribution in [1.82, 2.24) is 9.78 Å². The Morgan fingerprint density at radius 3 is 2.37 bits per heavy atom. The predicted octanol–water partition coefficient (Wildman–Crippen LogP) is 4.00. The summed E-state index contributed by atoms with van der Waals surface area (Å²) in [5, 5.41) is 4.22. The van der Waals surface area contributed by atoms with Crippen LogP contribution < -0.4 is 0 Å². The topological polar surface area (TPSA) is 61.2 Å². The lowest BCUT2D eigenvalue weighted by Crippen LogP contribution is -2.02. The first-order valence-corrected chi connectivity index (χ1v) is 8.21. The first-order chi connectivity index (χ1) is 13.0. The zero-order valence-corrected chi connectivity index (χ0v) is 14.8. The van der Waals surface area contributed by atoms with Gasteiger partial charge < -0.3 is 4.74 Å². The van der Waals surface area contributed by atoms with E-state index in [-0.39, 0.29) is 11.6 Å². The number of aromatic nitrogens is 2. The molecule has 0 bridgehead atoms. The summed E-state index contributed by atoms with van der Waals surface area (Å²) in [4.78, 5) is 23.9. The highest BCUT2D eigenvalue weighted by Crippen LogP contribution is 2.16. The minimum Gasteiger partial charge on any atom is -0.465 e. The highest BCUT2D eigenvalue weighted by Gasteiger charge is 2.13. The fraction of sp³-hybridized carbons (Fsp3) is 0.0952. The standard InChI is InChI=1S/C21H17FN2O3/c1-14-19(13-23-24(14)18-10-8-17(22)9-11-18)20(25)12-5-15-3-6-16(7-4-15)21(26)27-2/h3-13H,1-2H3/b12-5+. The van der Waals surface area contributed by atoms with Crippen molar-refractivity contribution in [1.29, 1.82) is 0 Å². The van der Waals surface area contributed by atoms with Gasteiger partial charge in [0.15, 0.2) is 5.78 Å². The number of benzene rings is 2. The van der Waals surface area contributed by atoms with Crippen molar-refractivity contribution in [2.24, 2.45) is 0 Å². The zero-order valence-electron chi connectivity index (χ0n) is 14.8. The summed E-state index contributed by atoms with van der Waals surface area (Å²) in [6, 6.07) is 12.6. The van der Waals surface area contributed by atoms with Crippen molar-refractivity contribution in [2.45, 2.75) is 6.92 Å². The van der Waals surface area contributed by atoms with Crippen LogP contribution in [0.1, 0.15) is 32.0 Å². The first-order valence-electron chi connectivity index (χ1n) is 8.21. The van der Waals surface area contributed by atoms with Crippen LogP contribution in [0.5, 0.6) is 0 Å². The van der Waals surface area contributed by atoms with Crippen LogP contribution in [0.15, 0.2) is 60.8 Å². The predicted molar refractivity (Wildman–Crippen MR) is 99.4 cm³/mol. The lowest BCUT2D eigenvalue weighted by Gasteiger charge is -2.04.